The molecule has 0 aliphatic heterocycles. The molecule has 0 amide bonds. The predicted octanol–water partition coefficient (Wildman–Crippen LogP) is 4.19. The summed E-state index contributed by atoms with van der Waals surface area (Å²) in [6, 6.07) is 0. The Hall–Kier alpha value is -0.180. The fraction of sp³-hybridized carbons (Fsp3) is 0.923. The molecule has 0 aliphatic rings. The molecule has 0 saturated carbocycles. The van der Waals surface area contributed by atoms with Crippen molar-refractivity contribution in [1.29, 1.82) is 0 Å². The zero-order valence-electron chi connectivity index (χ0n) is 10.9. The Balaban J connectivity index is 3.30. The molecule has 0 fully saturated rings. The Bertz CT molecular complexity index is 190. The molecule has 96 valence electrons. The van der Waals surface area contributed by atoms with E-state index in [1.165, 1.54) is 30.8 Å². The second kappa shape index (κ2) is 8.91. The molecule has 0 saturated heterocycles. The molecule has 0 radical (unpaired) electrons. The van der Waals surface area contributed by atoms with E-state index >= 15 is 0 Å². The summed E-state index contributed by atoms with van der Waals surface area (Å²) in [5.41, 5.74) is -0.549. The van der Waals surface area contributed by atoms with Crippen LogP contribution in [0.3, 0.4) is 0 Å². The molecule has 0 rings (SSSR count). The van der Waals surface area contributed by atoms with Crippen LogP contribution >= 0.6 is 11.8 Å². The Kier molecular flexibility index (Phi) is 8.81. The van der Waals surface area contributed by atoms with Gasteiger partial charge in [0, 0.05) is 0 Å². The number of carboxylic acids is 1. The third-order valence-electron chi connectivity index (χ3n) is 2.81. The lowest BCUT2D eigenvalue weighted by atomic mass is 9.88. The molecule has 0 spiro atoms. The van der Waals surface area contributed by atoms with Crippen LogP contribution in [0.5, 0.6) is 0 Å². The summed E-state index contributed by atoms with van der Waals surface area (Å²) in [6.45, 7) is 5.84. The number of hydrogen-bond donors (Lipinski definition) is 1. The van der Waals surface area contributed by atoms with E-state index in [2.05, 4.69) is 6.92 Å². The molecule has 0 aromatic heterocycles. The number of rotatable bonds is 10. The van der Waals surface area contributed by atoms with Crippen molar-refractivity contribution in [3.8, 4) is 0 Å². The van der Waals surface area contributed by atoms with E-state index in [1.807, 2.05) is 25.6 Å². The summed E-state index contributed by atoms with van der Waals surface area (Å²) >= 11 is 2.00. The number of carboxylic acid groups (broad SMARTS) is 1. The molecular formula is C13H26O2S. The zero-order chi connectivity index (χ0) is 12.4. The van der Waals surface area contributed by atoms with Crippen LogP contribution in [-0.4, -0.2) is 22.6 Å². The smallest absolute Gasteiger partial charge is 0.309 e. The normalized spacial score (nSPS) is 11.7. The Labute approximate surface area is 104 Å². The standard InChI is InChI=1S/C13H26O2S/c1-4-5-7-10-16-11-8-6-9-13(2,3)12(14)15/h4-11H2,1-3H3,(H,14,15). The molecule has 0 aromatic rings. The van der Waals surface area contributed by atoms with Gasteiger partial charge in [0.05, 0.1) is 5.41 Å². The second-order valence-electron chi connectivity index (χ2n) is 4.97. The first-order valence-corrected chi connectivity index (χ1v) is 7.47. The van der Waals surface area contributed by atoms with Gasteiger partial charge in [0.25, 0.3) is 0 Å². The molecule has 0 aliphatic carbocycles. The average Bonchev–Trinajstić information content (AvgIpc) is 2.21. The molecule has 1 N–H and O–H groups in total. The lowest BCUT2D eigenvalue weighted by molar-refractivity contribution is -0.147. The highest BCUT2D eigenvalue weighted by Crippen LogP contribution is 2.23. The van der Waals surface area contributed by atoms with Gasteiger partial charge in [-0.1, -0.05) is 26.2 Å². The van der Waals surface area contributed by atoms with Crippen molar-refractivity contribution in [3.05, 3.63) is 0 Å². The number of unbranched alkanes of at least 4 members (excludes halogenated alkanes) is 3. The predicted molar refractivity (Wildman–Crippen MR) is 72.1 cm³/mol. The molecule has 0 unspecified atom stereocenters. The number of aliphatic carboxylic acids is 1. The van der Waals surface area contributed by atoms with Gasteiger partial charge in [-0.05, 0) is 44.6 Å². The summed E-state index contributed by atoms with van der Waals surface area (Å²) in [5, 5.41) is 8.94. The van der Waals surface area contributed by atoms with Crippen LogP contribution in [-0.2, 0) is 4.79 Å². The minimum absolute atomic E-state index is 0.549. The van der Waals surface area contributed by atoms with Crippen molar-refractivity contribution in [2.24, 2.45) is 5.41 Å². The largest absolute Gasteiger partial charge is 0.481 e. The maximum Gasteiger partial charge on any atom is 0.309 e. The van der Waals surface area contributed by atoms with Gasteiger partial charge < -0.3 is 5.11 Å². The Morgan fingerprint density at radius 2 is 1.69 bits per heavy atom. The number of thioether (sulfide) groups is 1. The zero-order valence-corrected chi connectivity index (χ0v) is 11.7. The molecule has 0 bridgehead atoms. The van der Waals surface area contributed by atoms with Crippen molar-refractivity contribution in [2.45, 2.75) is 59.3 Å². The Morgan fingerprint density at radius 1 is 1.12 bits per heavy atom. The van der Waals surface area contributed by atoms with Gasteiger partial charge in [-0.2, -0.15) is 11.8 Å². The fourth-order valence-electron chi connectivity index (χ4n) is 1.43. The van der Waals surface area contributed by atoms with Crippen LogP contribution in [0.2, 0.25) is 0 Å². The molecular weight excluding hydrogens is 220 g/mol. The topological polar surface area (TPSA) is 37.3 Å². The number of carbonyl (C=O) groups is 1. The van der Waals surface area contributed by atoms with Gasteiger partial charge in [-0.25, -0.2) is 0 Å². The lowest BCUT2D eigenvalue weighted by Crippen LogP contribution is -2.23. The maximum atomic E-state index is 10.9. The summed E-state index contributed by atoms with van der Waals surface area (Å²) < 4.78 is 0. The van der Waals surface area contributed by atoms with Crippen LogP contribution in [0.25, 0.3) is 0 Å². The van der Waals surface area contributed by atoms with E-state index < -0.39 is 11.4 Å². The summed E-state index contributed by atoms with van der Waals surface area (Å²) in [5.74, 6) is 1.76. The van der Waals surface area contributed by atoms with Gasteiger partial charge in [-0.15, -0.1) is 0 Å². The fourth-order valence-corrected chi connectivity index (χ4v) is 2.45. The van der Waals surface area contributed by atoms with E-state index in [0.29, 0.717) is 0 Å². The maximum absolute atomic E-state index is 10.9. The SMILES string of the molecule is CCCCCSCCCCC(C)(C)C(=O)O. The van der Waals surface area contributed by atoms with E-state index in [-0.39, 0.29) is 0 Å². The highest BCUT2D eigenvalue weighted by Gasteiger charge is 2.25. The van der Waals surface area contributed by atoms with Gasteiger partial charge in [-0.3, -0.25) is 4.79 Å². The van der Waals surface area contributed by atoms with E-state index in [9.17, 15) is 4.79 Å². The molecule has 0 aromatic carbocycles. The van der Waals surface area contributed by atoms with Crippen LogP contribution < -0.4 is 0 Å². The minimum Gasteiger partial charge on any atom is -0.481 e. The first-order valence-electron chi connectivity index (χ1n) is 6.32. The quantitative estimate of drug-likeness (QED) is 0.587. The van der Waals surface area contributed by atoms with Crippen molar-refractivity contribution in [2.75, 3.05) is 11.5 Å². The van der Waals surface area contributed by atoms with Gasteiger partial charge in [0.1, 0.15) is 0 Å². The van der Waals surface area contributed by atoms with Gasteiger partial charge in [0.15, 0.2) is 0 Å². The second-order valence-corrected chi connectivity index (χ2v) is 6.19. The van der Waals surface area contributed by atoms with E-state index in [4.69, 9.17) is 5.11 Å². The molecule has 2 nitrogen and oxygen atoms in total. The highest BCUT2D eigenvalue weighted by molar-refractivity contribution is 7.99. The van der Waals surface area contributed by atoms with E-state index in [1.54, 1.807) is 0 Å². The van der Waals surface area contributed by atoms with Crippen molar-refractivity contribution in [3.63, 3.8) is 0 Å². The number of hydrogen-bond acceptors (Lipinski definition) is 2. The monoisotopic (exact) mass is 246 g/mol. The lowest BCUT2D eigenvalue weighted by Gasteiger charge is -2.18. The van der Waals surface area contributed by atoms with Crippen LogP contribution in [0.4, 0.5) is 0 Å². The molecule has 16 heavy (non-hydrogen) atoms. The summed E-state index contributed by atoms with van der Waals surface area (Å²) in [4.78, 5) is 10.9. The van der Waals surface area contributed by atoms with Gasteiger partial charge >= 0.3 is 5.97 Å². The van der Waals surface area contributed by atoms with E-state index in [0.717, 1.165) is 19.3 Å². The summed E-state index contributed by atoms with van der Waals surface area (Å²) in [6.07, 6.45) is 6.90. The molecule has 0 atom stereocenters. The van der Waals surface area contributed by atoms with Crippen molar-refractivity contribution in [1.82, 2.24) is 0 Å². The minimum atomic E-state index is -0.678. The third kappa shape index (κ3) is 8.03. The first kappa shape index (κ1) is 15.8. The molecule has 3 heteroatoms. The van der Waals surface area contributed by atoms with Crippen molar-refractivity contribution >= 4 is 17.7 Å². The van der Waals surface area contributed by atoms with Gasteiger partial charge in [0.2, 0.25) is 0 Å². The third-order valence-corrected chi connectivity index (χ3v) is 3.97. The summed E-state index contributed by atoms with van der Waals surface area (Å²) in [7, 11) is 0. The molecule has 0 heterocycles. The van der Waals surface area contributed by atoms with Crippen LogP contribution in [0.1, 0.15) is 59.3 Å². The Morgan fingerprint density at radius 3 is 2.19 bits per heavy atom. The average molecular weight is 246 g/mol. The van der Waals surface area contributed by atoms with Crippen LogP contribution in [0, 0.1) is 5.41 Å². The van der Waals surface area contributed by atoms with Crippen LogP contribution in [0.15, 0.2) is 0 Å². The van der Waals surface area contributed by atoms with Crippen molar-refractivity contribution < 1.29 is 9.90 Å². The highest BCUT2D eigenvalue weighted by atomic mass is 32.2. The first-order chi connectivity index (χ1) is 7.50.